The minimum Gasteiger partial charge on any atom is -0.378 e. The number of ether oxygens (including phenoxy) is 2. The van der Waals surface area contributed by atoms with E-state index >= 15 is 0 Å². The van der Waals surface area contributed by atoms with E-state index in [4.69, 9.17) is 9.47 Å². The Morgan fingerprint density at radius 3 is 2.76 bits per heavy atom. The van der Waals surface area contributed by atoms with Crippen molar-refractivity contribution >= 4 is 10.2 Å². The highest BCUT2D eigenvalue weighted by atomic mass is 32.2. The molecule has 6 nitrogen and oxygen atoms in total. The van der Waals surface area contributed by atoms with Gasteiger partial charge in [-0.2, -0.15) is 17.0 Å². The summed E-state index contributed by atoms with van der Waals surface area (Å²) in [5.41, 5.74) is -0.205. The molecule has 21 heavy (non-hydrogen) atoms. The molecule has 2 saturated heterocycles. The van der Waals surface area contributed by atoms with E-state index in [2.05, 4.69) is 0 Å². The molecule has 0 unspecified atom stereocenters. The van der Waals surface area contributed by atoms with Crippen molar-refractivity contribution < 1.29 is 17.9 Å². The summed E-state index contributed by atoms with van der Waals surface area (Å²) in [6.07, 6.45) is 2.92. The van der Waals surface area contributed by atoms with Crippen molar-refractivity contribution in [2.24, 2.45) is 5.41 Å². The first-order valence-electron chi connectivity index (χ1n) is 7.69. The molecule has 2 heterocycles. The first-order chi connectivity index (χ1) is 9.78. The van der Waals surface area contributed by atoms with Gasteiger partial charge in [0, 0.05) is 39.2 Å². The Morgan fingerprint density at radius 1 is 1.43 bits per heavy atom. The maximum atomic E-state index is 12.4. The Hall–Kier alpha value is -0.210. The lowest BCUT2D eigenvalue weighted by atomic mass is 9.73. The summed E-state index contributed by atoms with van der Waals surface area (Å²) in [5.74, 6) is 0. The second-order valence-electron chi connectivity index (χ2n) is 6.60. The molecule has 0 N–H and O–H groups in total. The van der Waals surface area contributed by atoms with Crippen LogP contribution in [0.4, 0.5) is 0 Å². The zero-order valence-corrected chi connectivity index (χ0v) is 14.4. The van der Waals surface area contributed by atoms with Gasteiger partial charge in [0.2, 0.25) is 0 Å². The third-order valence-corrected chi connectivity index (χ3v) is 6.33. The van der Waals surface area contributed by atoms with E-state index in [0.29, 0.717) is 19.7 Å². The summed E-state index contributed by atoms with van der Waals surface area (Å²) in [6.45, 7) is 6.36. The molecule has 0 amide bonds. The maximum absolute atomic E-state index is 12.4. The molecule has 2 fully saturated rings. The second-order valence-corrected chi connectivity index (χ2v) is 8.74. The van der Waals surface area contributed by atoms with Gasteiger partial charge < -0.3 is 9.47 Å². The monoisotopic (exact) mass is 320 g/mol. The summed E-state index contributed by atoms with van der Waals surface area (Å²) in [6, 6.07) is 0. The fourth-order valence-corrected chi connectivity index (χ4v) is 4.44. The molecule has 2 atom stereocenters. The molecule has 0 aromatic rings. The maximum Gasteiger partial charge on any atom is 0.281 e. The van der Waals surface area contributed by atoms with E-state index < -0.39 is 10.2 Å². The van der Waals surface area contributed by atoms with Crippen LogP contribution < -0.4 is 0 Å². The summed E-state index contributed by atoms with van der Waals surface area (Å²) in [4.78, 5) is 0. The summed E-state index contributed by atoms with van der Waals surface area (Å²) in [5, 5.41) is 0. The molecule has 2 rings (SSSR count). The first-order valence-corrected chi connectivity index (χ1v) is 9.08. The minimum atomic E-state index is -3.37. The predicted octanol–water partition coefficient (Wildman–Crippen LogP) is 1.09. The van der Waals surface area contributed by atoms with E-state index in [-0.39, 0.29) is 17.6 Å². The van der Waals surface area contributed by atoms with Gasteiger partial charge in [0.25, 0.3) is 10.2 Å². The van der Waals surface area contributed by atoms with Crippen LogP contribution in [-0.4, -0.2) is 69.6 Å². The Labute approximate surface area is 128 Å². The van der Waals surface area contributed by atoms with Crippen molar-refractivity contribution in [3.8, 4) is 0 Å². The zero-order valence-electron chi connectivity index (χ0n) is 13.5. The minimum absolute atomic E-state index is 0.110. The smallest absolute Gasteiger partial charge is 0.281 e. The molecule has 0 spiro atoms. The van der Waals surface area contributed by atoms with Gasteiger partial charge in [0.05, 0.1) is 18.8 Å². The first kappa shape index (κ1) is 17.1. The molecule has 0 radical (unpaired) electrons. The second kappa shape index (κ2) is 6.50. The molecular weight excluding hydrogens is 292 g/mol. The number of nitrogens with zero attached hydrogens (tertiary/aromatic N) is 2. The fourth-order valence-electron chi connectivity index (χ4n) is 3.22. The zero-order chi connectivity index (χ0) is 15.7. The summed E-state index contributed by atoms with van der Waals surface area (Å²) < 4.78 is 39.5. The van der Waals surface area contributed by atoms with Gasteiger partial charge in [-0.05, 0) is 33.1 Å². The molecule has 0 aliphatic carbocycles. The number of hydrogen-bond acceptors (Lipinski definition) is 4. The van der Waals surface area contributed by atoms with Crippen LogP contribution in [0.3, 0.4) is 0 Å². The third-order valence-electron chi connectivity index (χ3n) is 4.44. The van der Waals surface area contributed by atoms with Crippen LogP contribution >= 0.6 is 0 Å². The van der Waals surface area contributed by atoms with Crippen LogP contribution in [-0.2, 0) is 19.7 Å². The number of hydrogen-bond donors (Lipinski definition) is 0. The van der Waals surface area contributed by atoms with E-state index in [0.717, 1.165) is 25.9 Å². The van der Waals surface area contributed by atoms with Crippen LogP contribution in [0.1, 0.15) is 33.1 Å². The number of piperidine rings is 1. The Balaban J connectivity index is 2.19. The summed E-state index contributed by atoms with van der Waals surface area (Å²) in [7, 11) is -0.213. The fraction of sp³-hybridized carbons (Fsp3) is 1.00. The largest absolute Gasteiger partial charge is 0.378 e. The standard InChI is InChI=1S/C14H28N2O4S/c1-12(2)20-11-14-7-5-9-19-13(14)6-8-16(10-14)21(17,18)15(3)4/h12-13H,5-11H2,1-4H3/t13-,14+/m0/s1. The lowest BCUT2D eigenvalue weighted by Crippen LogP contribution is -2.59. The highest BCUT2D eigenvalue weighted by Gasteiger charge is 2.49. The van der Waals surface area contributed by atoms with Crippen molar-refractivity contribution in [3.05, 3.63) is 0 Å². The van der Waals surface area contributed by atoms with E-state index in [1.807, 2.05) is 13.8 Å². The van der Waals surface area contributed by atoms with E-state index in [1.165, 1.54) is 4.31 Å². The van der Waals surface area contributed by atoms with E-state index in [9.17, 15) is 8.42 Å². The van der Waals surface area contributed by atoms with Gasteiger partial charge in [-0.15, -0.1) is 0 Å². The molecule has 7 heteroatoms. The van der Waals surface area contributed by atoms with Crippen LogP contribution in [0.25, 0.3) is 0 Å². The lowest BCUT2D eigenvalue weighted by Gasteiger charge is -2.50. The summed E-state index contributed by atoms with van der Waals surface area (Å²) >= 11 is 0. The highest BCUT2D eigenvalue weighted by molar-refractivity contribution is 7.86. The SMILES string of the molecule is CC(C)OC[C@]12CCCO[C@H]1CCN(S(=O)(=O)N(C)C)C2. The molecule has 0 aromatic heterocycles. The van der Waals surface area contributed by atoms with Gasteiger partial charge in [0.1, 0.15) is 0 Å². The molecule has 124 valence electrons. The van der Waals surface area contributed by atoms with Gasteiger partial charge >= 0.3 is 0 Å². The molecule has 2 aliphatic heterocycles. The quantitative estimate of drug-likeness (QED) is 0.761. The molecule has 2 aliphatic rings. The number of rotatable bonds is 5. The molecule has 0 saturated carbocycles. The van der Waals surface area contributed by atoms with Gasteiger partial charge in [0.15, 0.2) is 0 Å². The van der Waals surface area contributed by atoms with Crippen LogP contribution in [0.2, 0.25) is 0 Å². The average Bonchev–Trinajstić information content (AvgIpc) is 2.44. The van der Waals surface area contributed by atoms with Gasteiger partial charge in [-0.25, -0.2) is 0 Å². The third kappa shape index (κ3) is 3.59. The lowest BCUT2D eigenvalue weighted by molar-refractivity contribution is -0.148. The van der Waals surface area contributed by atoms with Crippen molar-refractivity contribution in [1.82, 2.24) is 8.61 Å². The average molecular weight is 320 g/mol. The Bertz CT molecular complexity index is 452. The molecule has 0 aromatic carbocycles. The van der Waals surface area contributed by atoms with E-state index in [1.54, 1.807) is 18.4 Å². The van der Waals surface area contributed by atoms with Crippen molar-refractivity contribution in [2.75, 3.05) is 40.4 Å². The molecular formula is C14H28N2O4S. The topological polar surface area (TPSA) is 59.1 Å². The van der Waals surface area contributed by atoms with Crippen molar-refractivity contribution in [2.45, 2.75) is 45.3 Å². The Kier molecular flexibility index (Phi) is 5.31. The van der Waals surface area contributed by atoms with Crippen molar-refractivity contribution in [3.63, 3.8) is 0 Å². The van der Waals surface area contributed by atoms with Crippen molar-refractivity contribution in [1.29, 1.82) is 0 Å². The molecule has 0 bridgehead atoms. The van der Waals surface area contributed by atoms with Gasteiger partial charge in [-0.3, -0.25) is 0 Å². The van der Waals surface area contributed by atoms with Crippen LogP contribution in [0.5, 0.6) is 0 Å². The van der Waals surface area contributed by atoms with Gasteiger partial charge in [-0.1, -0.05) is 0 Å². The number of fused-ring (bicyclic) bond motifs is 1. The van der Waals surface area contributed by atoms with Crippen LogP contribution in [0, 0.1) is 5.41 Å². The van der Waals surface area contributed by atoms with Crippen LogP contribution in [0.15, 0.2) is 0 Å². The Morgan fingerprint density at radius 2 is 2.14 bits per heavy atom. The normalized spacial score (nSPS) is 31.6. The predicted molar refractivity (Wildman–Crippen MR) is 81.3 cm³/mol. The highest BCUT2D eigenvalue weighted by Crippen LogP contribution is 2.41.